The second kappa shape index (κ2) is 5.67. The molecule has 1 atom stereocenters. The molecule has 0 radical (unpaired) electrons. The molecule has 1 N–H and O–H groups in total. The number of benzene rings is 1. The number of likely N-dealkylation sites (N-methyl/N-ethyl adjacent to an activating group) is 1. The molecule has 1 aromatic carbocycles. The predicted molar refractivity (Wildman–Crippen MR) is 73.9 cm³/mol. The fourth-order valence-corrected chi connectivity index (χ4v) is 3.98. The van der Waals surface area contributed by atoms with Crippen LogP contribution in [-0.4, -0.2) is 46.0 Å². The standard InChI is InChI=1S/C13H19FN2O3S/c1-9-12(5-4-11(19-3)13(9)14)20(17,18)16(2)10-6-7-15-8-10/h4-5,10,15H,6-8H2,1-3H3. The second-order valence-corrected chi connectivity index (χ2v) is 6.84. The first kappa shape index (κ1) is 15.2. The van der Waals surface area contributed by atoms with Crippen LogP contribution in [0.25, 0.3) is 0 Å². The van der Waals surface area contributed by atoms with E-state index in [9.17, 15) is 12.8 Å². The third kappa shape index (κ3) is 2.53. The quantitative estimate of drug-likeness (QED) is 0.905. The summed E-state index contributed by atoms with van der Waals surface area (Å²) >= 11 is 0. The van der Waals surface area contributed by atoms with Crippen LogP contribution in [0.5, 0.6) is 5.75 Å². The molecule has 0 bridgehead atoms. The topological polar surface area (TPSA) is 58.6 Å². The van der Waals surface area contributed by atoms with Crippen molar-refractivity contribution in [2.24, 2.45) is 0 Å². The molecule has 1 aliphatic rings. The summed E-state index contributed by atoms with van der Waals surface area (Å²) in [5.41, 5.74) is 0.0853. The summed E-state index contributed by atoms with van der Waals surface area (Å²) in [5, 5.41) is 3.12. The van der Waals surface area contributed by atoms with Crippen LogP contribution in [0, 0.1) is 12.7 Å². The Labute approximate surface area is 118 Å². The molecule has 1 aliphatic heterocycles. The van der Waals surface area contributed by atoms with Crippen molar-refractivity contribution in [2.75, 3.05) is 27.2 Å². The maximum absolute atomic E-state index is 14.0. The van der Waals surface area contributed by atoms with Crippen molar-refractivity contribution in [3.8, 4) is 5.75 Å². The van der Waals surface area contributed by atoms with E-state index in [1.54, 1.807) is 0 Å². The van der Waals surface area contributed by atoms with Crippen LogP contribution in [0.4, 0.5) is 4.39 Å². The molecule has 5 nitrogen and oxygen atoms in total. The average Bonchev–Trinajstić information content (AvgIpc) is 2.94. The van der Waals surface area contributed by atoms with Crippen molar-refractivity contribution >= 4 is 10.0 Å². The number of rotatable bonds is 4. The van der Waals surface area contributed by atoms with Crippen molar-refractivity contribution in [1.82, 2.24) is 9.62 Å². The van der Waals surface area contributed by atoms with Crippen LogP contribution in [0.15, 0.2) is 17.0 Å². The molecular weight excluding hydrogens is 283 g/mol. The summed E-state index contributed by atoms with van der Waals surface area (Å²) in [6.45, 7) is 2.86. The third-order valence-electron chi connectivity index (χ3n) is 3.73. The zero-order chi connectivity index (χ0) is 14.9. The van der Waals surface area contributed by atoms with Crippen molar-refractivity contribution in [3.63, 3.8) is 0 Å². The lowest BCUT2D eigenvalue weighted by molar-refractivity contribution is 0.379. The lowest BCUT2D eigenvalue weighted by atomic mass is 10.2. The molecule has 0 spiro atoms. The van der Waals surface area contributed by atoms with E-state index >= 15 is 0 Å². The van der Waals surface area contributed by atoms with Gasteiger partial charge >= 0.3 is 0 Å². The molecule has 0 amide bonds. The minimum atomic E-state index is -3.70. The van der Waals surface area contributed by atoms with Crippen LogP contribution in [0.2, 0.25) is 0 Å². The van der Waals surface area contributed by atoms with Gasteiger partial charge in [0.25, 0.3) is 0 Å². The van der Waals surface area contributed by atoms with Crippen LogP contribution < -0.4 is 10.1 Å². The highest BCUT2D eigenvalue weighted by Gasteiger charge is 2.32. The largest absolute Gasteiger partial charge is 0.494 e. The van der Waals surface area contributed by atoms with E-state index < -0.39 is 15.8 Å². The fraction of sp³-hybridized carbons (Fsp3) is 0.538. The Morgan fingerprint density at radius 3 is 2.70 bits per heavy atom. The second-order valence-electron chi connectivity index (χ2n) is 4.87. The molecule has 112 valence electrons. The van der Waals surface area contributed by atoms with E-state index in [1.165, 1.54) is 37.5 Å². The van der Waals surface area contributed by atoms with Crippen LogP contribution >= 0.6 is 0 Å². The molecule has 1 heterocycles. The van der Waals surface area contributed by atoms with Crippen LogP contribution in [0.1, 0.15) is 12.0 Å². The monoisotopic (exact) mass is 302 g/mol. The number of nitrogens with zero attached hydrogens (tertiary/aromatic N) is 1. The summed E-state index contributed by atoms with van der Waals surface area (Å²) in [6, 6.07) is 2.64. The highest BCUT2D eigenvalue weighted by Crippen LogP contribution is 2.28. The SMILES string of the molecule is COc1ccc(S(=O)(=O)N(C)C2CCNC2)c(C)c1F. The number of sulfonamides is 1. The van der Waals surface area contributed by atoms with Crippen molar-refractivity contribution in [1.29, 1.82) is 0 Å². The fourth-order valence-electron chi connectivity index (χ4n) is 2.38. The van der Waals surface area contributed by atoms with Gasteiger partial charge in [0.15, 0.2) is 11.6 Å². The molecule has 1 unspecified atom stereocenters. The maximum Gasteiger partial charge on any atom is 0.243 e. The first-order chi connectivity index (χ1) is 9.39. The van der Waals surface area contributed by atoms with Gasteiger partial charge < -0.3 is 10.1 Å². The van der Waals surface area contributed by atoms with Gasteiger partial charge in [-0.2, -0.15) is 4.31 Å². The van der Waals surface area contributed by atoms with Gasteiger partial charge in [-0.15, -0.1) is 0 Å². The van der Waals surface area contributed by atoms with E-state index in [1.807, 2.05) is 0 Å². The van der Waals surface area contributed by atoms with Gasteiger partial charge in [-0.3, -0.25) is 0 Å². The molecule has 0 saturated carbocycles. The van der Waals surface area contributed by atoms with E-state index in [-0.39, 0.29) is 22.3 Å². The average molecular weight is 302 g/mol. The van der Waals surface area contributed by atoms with Crippen molar-refractivity contribution in [3.05, 3.63) is 23.5 Å². The van der Waals surface area contributed by atoms with Crippen LogP contribution in [0.3, 0.4) is 0 Å². The highest BCUT2D eigenvalue weighted by atomic mass is 32.2. The Morgan fingerprint density at radius 1 is 1.45 bits per heavy atom. The summed E-state index contributed by atoms with van der Waals surface area (Å²) in [6.07, 6.45) is 0.757. The maximum atomic E-state index is 14.0. The number of hydrogen-bond donors (Lipinski definition) is 1. The zero-order valence-corrected chi connectivity index (χ0v) is 12.6. The normalized spacial score (nSPS) is 19.6. The number of halogens is 1. The number of hydrogen-bond acceptors (Lipinski definition) is 4. The number of nitrogens with one attached hydrogen (secondary N) is 1. The van der Waals surface area contributed by atoms with Gasteiger partial charge in [-0.1, -0.05) is 0 Å². The van der Waals surface area contributed by atoms with E-state index in [0.29, 0.717) is 6.54 Å². The highest BCUT2D eigenvalue weighted by molar-refractivity contribution is 7.89. The smallest absolute Gasteiger partial charge is 0.243 e. The van der Waals surface area contributed by atoms with Gasteiger partial charge in [-0.05, 0) is 32.0 Å². The van der Waals surface area contributed by atoms with Crippen LogP contribution in [-0.2, 0) is 10.0 Å². The Kier molecular flexibility index (Phi) is 4.31. The van der Waals surface area contributed by atoms with Gasteiger partial charge in [0.2, 0.25) is 10.0 Å². The summed E-state index contributed by atoms with van der Waals surface area (Å²) in [7, 11) is -0.817. The third-order valence-corrected chi connectivity index (χ3v) is 5.78. The predicted octanol–water partition coefficient (Wildman–Crippen LogP) is 1.13. The zero-order valence-electron chi connectivity index (χ0n) is 11.8. The Morgan fingerprint density at radius 2 is 2.15 bits per heavy atom. The first-order valence-electron chi connectivity index (χ1n) is 6.41. The lowest BCUT2D eigenvalue weighted by Crippen LogP contribution is -2.38. The van der Waals surface area contributed by atoms with Crippen molar-refractivity contribution in [2.45, 2.75) is 24.3 Å². The number of ether oxygens (including phenoxy) is 1. The Hall–Kier alpha value is -1.18. The molecule has 1 saturated heterocycles. The molecule has 20 heavy (non-hydrogen) atoms. The molecule has 7 heteroatoms. The summed E-state index contributed by atoms with van der Waals surface area (Å²) in [4.78, 5) is -0.00907. The van der Waals surface area contributed by atoms with Gasteiger partial charge in [0.1, 0.15) is 0 Å². The summed E-state index contributed by atoms with van der Waals surface area (Å²) < 4.78 is 45.4. The van der Waals surface area contributed by atoms with E-state index in [4.69, 9.17) is 4.74 Å². The minimum Gasteiger partial charge on any atom is -0.494 e. The van der Waals surface area contributed by atoms with Crippen molar-refractivity contribution < 1.29 is 17.5 Å². The van der Waals surface area contributed by atoms with E-state index in [0.717, 1.165) is 13.0 Å². The molecule has 0 aromatic heterocycles. The molecule has 1 aromatic rings. The summed E-state index contributed by atoms with van der Waals surface area (Å²) in [5.74, 6) is -0.585. The van der Waals surface area contributed by atoms with Gasteiger partial charge in [-0.25, -0.2) is 12.8 Å². The Balaban J connectivity index is 2.41. The van der Waals surface area contributed by atoms with E-state index in [2.05, 4.69) is 5.32 Å². The molecular formula is C13H19FN2O3S. The number of methoxy groups -OCH3 is 1. The lowest BCUT2D eigenvalue weighted by Gasteiger charge is -2.24. The Bertz CT molecular complexity index is 598. The molecule has 2 rings (SSSR count). The van der Waals surface area contributed by atoms with Gasteiger partial charge in [0.05, 0.1) is 12.0 Å². The molecule has 0 aliphatic carbocycles. The first-order valence-corrected chi connectivity index (χ1v) is 7.85. The minimum absolute atomic E-state index is 0.00907. The van der Waals surface area contributed by atoms with Gasteiger partial charge in [0, 0.05) is 25.2 Å². The molecule has 1 fully saturated rings.